The summed E-state index contributed by atoms with van der Waals surface area (Å²) in [6, 6.07) is 0.788. The van der Waals surface area contributed by atoms with E-state index in [2.05, 4.69) is 33.0 Å². The van der Waals surface area contributed by atoms with Crippen LogP contribution < -0.4 is 24.2 Å². The van der Waals surface area contributed by atoms with E-state index < -0.39 is 0 Å². The minimum atomic E-state index is 0. The molecule has 0 spiro atoms. The fourth-order valence-corrected chi connectivity index (χ4v) is 4.16. The molecule has 1 heterocycles. The third kappa shape index (κ3) is 2.31. The van der Waals surface area contributed by atoms with Crippen LogP contribution in [0, 0.1) is 23.7 Å². The molecule has 2 heteroatoms. The molecule has 0 aromatic heterocycles. The monoisotopic (exact) mass is 201 g/mol. The molecule has 2 rings (SSSR count). The molecule has 1 saturated carbocycles. The van der Waals surface area contributed by atoms with Gasteiger partial charge in [0.1, 0.15) is 0 Å². The van der Waals surface area contributed by atoms with Crippen LogP contribution in [0.3, 0.4) is 0 Å². The average Bonchev–Trinajstić information content (AvgIpc) is 2.38. The van der Waals surface area contributed by atoms with Crippen molar-refractivity contribution in [1.82, 2.24) is 5.32 Å². The van der Waals surface area contributed by atoms with E-state index in [1.165, 1.54) is 25.8 Å². The van der Waals surface area contributed by atoms with Crippen molar-refractivity contribution in [2.45, 2.75) is 52.5 Å². The van der Waals surface area contributed by atoms with Gasteiger partial charge in [0, 0.05) is 12.6 Å². The first-order chi connectivity index (χ1) is 6.48. The summed E-state index contributed by atoms with van der Waals surface area (Å²) in [7, 11) is 0. The molecule has 82 valence electrons. The van der Waals surface area contributed by atoms with Crippen molar-refractivity contribution in [3.63, 3.8) is 0 Å². The summed E-state index contributed by atoms with van der Waals surface area (Å²) < 4.78 is 0. The molecule has 0 amide bonds. The topological polar surface area (TPSA) is 12.0 Å². The zero-order valence-electron chi connectivity index (χ0n) is 10.9. The first-order valence-electron chi connectivity index (χ1n) is 6.00. The minimum Gasteiger partial charge on any atom is -0.343 e. The maximum absolute atomic E-state index is 4.04. The zero-order valence-corrected chi connectivity index (χ0v) is 10.9. The van der Waals surface area contributed by atoms with Gasteiger partial charge < -0.3 is 12.2 Å². The Labute approximate surface area is 107 Å². The molecule has 3 unspecified atom stereocenters. The van der Waals surface area contributed by atoms with E-state index in [-0.39, 0.29) is 18.9 Å². The Hall–Kier alpha value is 0.557. The van der Waals surface area contributed by atoms with Gasteiger partial charge in [-0.25, -0.2) is 0 Å². The molecule has 1 nitrogen and oxygen atoms in total. The second kappa shape index (κ2) is 4.44. The van der Waals surface area contributed by atoms with E-state index in [9.17, 15) is 0 Å². The molecule has 1 aliphatic carbocycles. The molecule has 3 atom stereocenters. The van der Waals surface area contributed by atoms with Crippen molar-refractivity contribution < 1.29 is 18.9 Å². The summed E-state index contributed by atoms with van der Waals surface area (Å²) in [6.45, 7) is 12.6. The summed E-state index contributed by atoms with van der Waals surface area (Å²) in [5, 5.41) is 3.68. The number of rotatable bonds is 2. The fraction of sp³-hybridized carbons (Fsp3) is 0.923. The van der Waals surface area contributed by atoms with Gasteiger partial charge >= 0.3 is 18.9 Å². The molecule has 2 aliphatic rings. The van der Waals surface area contributed by atoms with Crippen molar-refractivity contribution in [1.29, 1.82) is 0 Å². The second-order valence-electron chi connectivity index (χ2n) is 6.32. The predicted octanol–water partition coefficient (Wildman–Crippen LogP) is 0.0190. The van der Waals surface area contributed by atoms with E-state index >= 15 is 0 Å². The summed E-state index contributed by atoms with van der Waals surface area (Å²) >= 11 is 0. The van der Waals surface area contributed by atoms with Crippen LogP contribution in [0.1, 0.15) is 46.5 Å². The Kier molecular flexibility index (Phi) is 4.03. The van der Waals surface area contributed by atoms with Crippen LogP contribution in [0.25, 0.3) is 0 Å². The quantitative estimate of drug-likeness (QED) is 0.490. The second-order valence-corrected chi connectivity index (χ2v) is 6.32. The van der Waals surface area contributed by atoms with Crippen LogP contribution in [-0.4, -0.2) is 12.6 Å². The standard InChI is InChI=1S/C13H24N.Li/c1-5-6-11-12(2,3)7-10-8-13(11,4)9-14-10;/h10-11,14H,1,5-9H2,2-4H3;/q-1;+1. The van der Waals surface area contributed by atoms with Crippen LogP contribution in [0.2, 0.25) is 0 Å². The van der Waals surface area contributed by atoms with Crippen molar-refractivity contribution in [2.24, 2.45) is 16.7 Å². The molecule has 1 aliphatic heterocycles. The van der Waals surface area contributed by atoms with Crippen LogP contribution in [0.5, 0.6) is 0 Å². The Morgan fingerprint density at radius 3 is 2.53 bits per heavy atom. The van der Waals surface area contributed by atoms with E-state index in [0.29, 0.717) is 10.8 Å². The van der Waals surface area contributed by atoms with E-state index in [0.717, 1.165) is 18.4 Å². The minimum absolute atomic E-state index is 0. The normalized spacial score (nSPS) is 42.4. The van der Waals surface area contributed by atoms with E-state index in [1.807, 2.05) is 0 Å². The van der Waals surface area contributed by atoms with Crippen LogP contribution in [-0.2, 0) is 0 Å². The van der Waals surface area contributed by atoms with Gasteiger partial charge in [-0.2, -0.15) is 6.42 Å². The van der Waals surface area contributed by atoms with Crippen molar-refractivity contribution in [3.05, 3.63) is 6.92 Å². The van der Waals surface area contributed by atoms with Crippen molar-refractivity contribution in [2.75, 3.05) is 6.54 Å². The van der Waals surface area contributed by atoms with Gasteiger partial charge in [0.15, 0.2) is 0 Å². The maximum Gasteiger partial charge on any atom is 1.00 e. The molecule has 1 saturated heterocycles. The number of nitrogens with one attached hydrogen (secondary N) is 1. The Balaban J connectivity index is 0.00000112. The van der Waals surface area contributed by atoms with Gasteiger partial charge in [0.05, 0.1) is 0 Å². The van der Waals surface area contributed by atoms with Gasteiger partial charge in [0.2, 0.25) is 0 Å². The first kappa shape index (κ1) is 13.6. The van der Waals surface area contributed by atoms with Crippen LogP contribution in [0.4, 0.5) is 0 Å². The largest absolute Gasteiger partial charge is 1.00 e. The maximum atomic E-state index is 4.04. The number of hydrogen-bond acceptors (Lipinski definition) is 1. The summed E-state index contributed by atoms with van der Waals surface area (Å²) in [4.78, 5) is 0. The summed E-state index contributed by atoms with van der Waals surface area (Å²) in [5.41, 5.74) is 1.06. The molecule has 1 N–H and O–H groups in total. The van der Waals surface area contributed by atoms with E-state index in [1.54, 1.807) is 0 Å². The van der Waals surface area contributed by atoms with Crippen molar-refractivity contribution >= 4 is 0 Å². The predicted molar refractivity (Wildman–Crippen MR) is 61.0 cm³/mol. The van der Waals surface area contributed by atoms with Crippen molar-refractivity contribution in [3.8, 4) is 0 Å². The van der Waals surface area contributed by atoms with Crippen LogP contribution in [0.15, 0.2) is 0 Å². The zero-order chi connectivity index (χ0) is 10.4. The Bertz CT molecular complexity index is 227. The van der Waals surface area contributed by atoms with Gasteiger partial charge in [-0.05, 0) is 29.6 Å². The molecule has 0 aromatic rings. The molecule has 15 heavy (non-hydrogen) atoms. The molecule has 0 radical (unpaired) electrons. The van der Waals surface area contributed by atoms with Gasteiger partial charge in [-0.3, -0.25) is 0 Å². The van der Waals surface area contributed by atoms with Gasteiger partial charge in [-0.1, -0.05) is 27.2 Å². The van der Waals surface area contributed by atoms with E-state index in [4.69, 9.17) is 0 Å². The summed E-state index contributed by atoms with van der Waals surface area (Å²) in [5.74, 6) is 0.860. The molecule has 2 fully saturated rings. The average molecular weight is 201 g/mol. The van der Waals surface area contributed by atoms with Gasteiger partial charge in [-0.15, -0.1) is 0 Å². The van der Waals surface area contributed by atoms with Gasteiger partial charge in [0.25, 0.3) is 0 Å². The molecule has 2 bridgehead atoms. The third-order valence-electron chi connectivity index (χ3n) is 4.56. The Morgan fingerprint density at radius 2 is 1.93 bits per heavy atom. The summed E-state index contributed by atoms with van der Waals surface area (Å²) in [6.07, 6.45) is 5.14. The Morgan fingerprint density at radius 1 is 1.27 bits per heavy atom. The first-order valence-corrected chi connectivity index (χ1v) is 6.00. The third-order valence-corrected chi connectivity index (χ3v) is 4.56. The molecule has 0 aromatic carbocycles. The fourth-order valence-electron chi connectivity index (χ4n) is 4.16. The number of hydrogen-bond donors (Lipinski definition) is 1. The smallest absolute Gasteiger partial charge is 0.343 e. The molecular formula is C13H24LiN. The number of fused-ring (bicyclic) bond motifs is 2. The SMILES string of the molecule is [CH2-]CCC1C(C)(C)CC2CC1(C)CN2.[Li+]. The van der Waals surface area contributed by atoms with Crippen LogP contribution >= 0.6 is 0 Å². The molecular weight excluding hydrogens is 177 g/mol.